The zero-order valence-corrected chi connectivity index (χ0v) is 11.2. The van der Waals surface area contributed by atoms with Crippen molar-refractivity contribution in [1.82, 2.24) is 4.90 Å². The van der Waals surface area contributed by atoms with E-state index in [2.05, 4.69) is 19.1 Å². The lowest BCUT2D eigenvalue weighted by Gasteiger charge is -2.10. The molecule has 0 aromatic carbocycles. The Morgan fingerprint density at radius 3 is 2.31 bits per heavy atom. The number of rotatable bonds is 9. The van der Waals surface area contributed by atoms with E-state index in [1.54, 1.807) is 11.8 Å². The summed E-state index contributed by atoms with van der Waals surface area (Å²) in [4.78, 5) is 12.6. The largest absolute Gasteiger partial charge is 0.342 e. The second kappa shape index (κ2) is 10.7. The van der Waals surface area contributed by atoms with Gasteiger partial charge in [0.2, 0.25) is 5.91 Å². The fourth-order valence-electron chi connectivity index (χ4n) is 1.52. The molecule has 0 aromatic heterocycles. The number of carbonyl (C=O) groups is 1. The monoisotopic (exact) mass is 225 g/mol. The van der Waals surface area contributed by atoms with Crippen LogP contribution in [0.15, 0.2) is 12.2 Å². The van der Waals surface area contributed by atoms with Crippen LogP contribution in [0.2, 0.25) is 0 Å². The number of hydrogen-bond acceptors (Lipinski definition) is 1. The Bertz CT molecular complexity index is 199. The predicted molar refractivity (Wildman–Crippen MR) is 70.4 cm³/mol. The molecule has 16 heavy (non-hydrogen) atoms. The number of hydrogen-bond donors (Lipinski definition) is 0. The van der Waals surface area contributed by atoms with Gasteiger partial charge < -0.3 is 4.90 Å². The van der Waals surface area contributed by atoms with Crippen LogP contribution < -0.4 is 0 Å². The number of nitrogens with zero attached hydrogens (tertiary/aromatic N) is 1. The van der Waals surface area contributed by atoms with Crippen LogP contribution in [-0.2, 0) is 4.79 Å². The minimum atomic E-state index is 0.129. The fraction of sp³-hybridized carbons (Fsp3) is 0.786. The van der Waals surface area contributed by atoms with Crippen LogP contribution in [0.5, 0.6) is 0 Å². The molecule has 2 nitrogen and oxygen atoms in total. The molecule has 0 spiro atoms. The standard InChI is InChI=1S/C14H27NO/c1-4-5-6-7-8-9-10-11-12-13-15(3)14(2)16/h11-12H,4-10,13H2,1-3H3/b12-11+. The third kappa shape index (κ3) is 9.75. The fourth-order valence-corrected chi connectivity index (χ4v) is 1.52. The lowest BCUT2D eigenvalue weighted by molar-refractivity contribution is -0.127. The van der Waals surface area contributed by atoms with Gasteiger partial charge in [-0.2, -0.15) is 0 Å². The number of unbranched alkanes of at least 4 members (excludes halogenated alkanes) is 6. The van der Waals surface area contributed by atoms with Gasteiger partial charge in [-0.15, -0.1) is 0 Å². The van der Waals surface area contributed by atoms with E-state index in [1.807, 2.05) is 7.05 Å². The van der Waals surface area contributed by atoms with Gasteiger partial charge in [0.15, 0.2) is 0 Å². The quantitative estimate of drug-likeness (QED) is 0.432. The molecule has 0 bridgehead atoms. The minimum Gasteiger partial charge on any atom is -0.342 e. The summed E-state index contributed by atoms with van der Waals surface area (Å²) in [6, 6.07) is 0. The third-order valence-corrected chi connectivity index (χ3v) is 2.81. The highest BCUT2D eigenvalue weighted by Crippen LogP contribution is 2.07. The Labute approximate surface area is 101 Å². The van der Waals surface area contributed by atoms with Crippen LogP contribution in [-0.4, -0.2) is 24.4 Å². The van der Waals surface area contributed by atoms with Gasteiger partial charge in [0.25, 0.3) is 0 Å². The molecule has 0 aliphatic carbocycles. The summed E-state index contributed by atoms with van der Waals surface area (Å²) in [5.74, 6) is 0.129. The highest BCUT2D eigenvalue weighted by atomic mass is 16.2. The van der Waals surface area contributed by atoms with Crippen LogP contribution in [0.1, 0.15) is 58.8 Å². The first-order valence-electron chi connectivity index (χ1n) is 6.55. The van der Waals surface area contributed by atoms with E-state index < -0.39 is 0 Å². The number of allylic oxidation sites excluding steroid dienone is 1. The van der Waals surface area contributed by atoms with Crippen molar-refractivity contribution in [2.75, 3.05) is 13.6 Å². The van der Waals surface area contributed by atoms with E-state index >= 15 is 0 Å². The zero-order chi connectivity index (χ0) is 12.2. The molecule has 0 rings (SSSR count). The number of likely N-dealkylation sites (N-methyl/N-ethyl adjacent to an activating group) is 1. The maximum Gasteiger partial charge on any atom is 0.219 e. The van der Waals surface area contributed by atoms with Crippen LogP contribution in [0, 0.1) is 0 Å². The highest BCUT2D eigenvalue weighted by Gasteiger charge is 1.96. The van der Waals surface area contributed by atoms with Crippen LogP contribution >= 0.6 is 0 Å². The van der Waals surface area contributed by atoms with E-state index in [0.29, 0.717) is 0 Å². The summed E-state index contributed by atoms with van der Waals surface area (Å²) < 4.78 is 0. The van der Waals surface area contributed by atoms with Gasteiger partial charge in [-0.25, -0.2) is 0 Å². The molecule has 0 unspecified atom stereocenters. The molecular formula is C14H27NO. The van der Waals surface area contributed by atoms with Gasteiger partial charge in [0.05, 0.1) is 0 Å². The average Bonchev–Trinajstić information content (AvgIpc) is 2.26. The normalized spacial score (nSPS) is 10.9. The predicted octanol–water partition coefficient (Wildman–Crippen LogP) is 3.77. The van der Waals surface area contributed by atoms with E-state index in [4.69, 9.17) is 0 Å². The van der Waals surface area contributed by atoms with Gasteiger partial charge in [-0.1, -0.05) is 51.2 Å². The molecule has 0 radical (unpaired) electrons. The minimum absolute atomic E-state index is 0.129. The summed E-state index contributed by atoms with van der Waals surface area (Å²) in [7, 11) is 1.83. The van der Waals surface area contributed by atoms with E-state index in [0.717, 1.165) is 13.0 Å². The Hall–Kier alpha value is -0.790. The Morgan fingerprint density at radius 1 is 1.06 bits per heavy atom. The zero-order valence-electron chi connectivity index (χ0n) is 11.2. The van der Waals surface area contributed by atoms with E-state index in [9.17, 15) is 4.79 Å². The Morgan fingerprint density at radius 2 is 1.69 bits per heavy atom. The Kier molecular flexibility index (Phi) is 10.2. The number of amides is 1. The first-order valence-corrected chi connectivity index (χ1v) is 6.55. The van der Waals surface area contributed by atoms with Gasteiger partial charge in [0, 0.05) is 20.5 Å². The van der Waals surface area contributed by atoms with Crippen LogP contribution in [0.3, 0.4) is 0 Å². The molecule has 1 amide bonds. The van der Waals surface area contributed by atoms with E-state index in [1.165, 1.54) is 38.5 Å². The topological polar surface area (TPSA) is 20.3 Å². The van der Waals surface area contributed by atoms with Gasteiger partial charge in [-0.05, 0) is 12.8 Å². The first kappa shape index (κ1) is 15.2. The first-order chi connectivity index (χ1) is 7.68. The molecule has 0 heterocycles. The summed E-state index contributed by atoms with van der Waals surface area (Å²) in [6.45, 7) is 4.58. The summed E-state index contributed by atoms with van der Waals surface area (Å²) in [6.07, 6.45) is 13.5. The highest BCUT2D eigenvalue weighted by molar-refractivity contribution is 5.72. The van der Waals surface area contributed by atoms with Crippen LogP contribution in [0.25, 0.3) is 0 Å². The van der Waals surface area contributed by atoms with Crippen molar-refractivity contribution in [3.63, 3.8) is 0 Å². The Balaban J connectivity index is 3.25. The molecule has 0 saturated carbocycles. The number of carbonyl (C=O) groups excluding carboxylic acids is 1. The van der Waals surface area contributed by atoms with Crippen molar-refractivity contribution in [3.05, 3.63) is 12.2 Å². The SMILES string of the molecule is CCCCCCCC/C=C/CN(C)C(C)=O. The van der Waals surface area contributed by atoms with Crippen molar-refractivity contribution >= 4 is 5.91 Å². The molecule has 0 aliphatic rings. The van der Waals surface area contributed by atoms with Crippen molar-refractivity contribution in [1.29, 1.82) is 0 Å². The van der Waals surface area contributed by atoms with E-state index in [-0.39, 0.29) is 5.91 Å². The van der Waals surface area contributed by atoms with Crippen molar-refractivity contribution in [3.8, 4) is 0 Å². The summed E-state index contributed by atoms with van der Waals surface area (Å²) in [5.41, 5.74) is 0. The molecule has 0 fully saturated rings. The molecule has 0 saturated heterocycles. The molecule has 0 N–H and O–H groups in total. The van der Waals surface area contributed by atoms with Crippen molar-refractivity contribution < 1.29 is 4.79 Å². The molecule has 94 valence electrons. The molecule has 0 atom stereocenters. The second-order valence-corrected chi connectivity index (χ2v) is 4.43. The van der Waals surface area contributed by atoms with Gasteiger partial charge >= 0.3 is 0 Å². The lowest BCUT2D eigenvalue weighted by atomic mass is 10.1. The molecule has 2 heteroatoms. The maximum absolute atomic E-state index is 10.9. The average molecular weight is 225 g/mol. The van der Waals surface area contributed by atoms with Gasteiger partial charge in [0.1, 0.15) is 0 Å². The lowest BCUT2D eigenvalue weighted by Crippen LogP contribution is -2.23. The second-order valence-electron chi connectivity index (χ2n) is 4.43. The van der Waals surface area contributed by atoms with Gasteiger partial charge in [-0.3, -0.25) is 4.79 Å². The third-order valence-electron chi connectivity index (χ3n) is 2.81. The van der Waals surface area contributed by atoms with Crippen molar-refractivity contribution in [2.45, 2.75) is 58.8 Å². The van der Waals surface area contributed by atoms with Crippen LogP contribution in [0.4, 0.5) is 0 Å². The summed E-state index contributed by atoms with van der Waals surface area (Å²) in [5, 5.41) is 0. The maximum atomic E-state index is 10.9. The summed E-state index contributed by atoms with van der Waals surface area (Å²) >= 11 is 0. The molecular weight excluding hydrogens is 198 g/mol. The molecule has 0 aliphatic heterocycles. The van der Waals surface area contributed by atoms with Crippen molar-refractivity contribution in [2.24, 2.45) is 0 Å². The molecule has 0 aromatic rings. The smallest absolute Gasteiger partial charge is 0.219 e.